The van der Waals surface area contributed by atoms with Crippen LogP contribution in [0.5, 0.6) is 5.75 Å². The fourth-order valence-corrected chi connectivity index (χ4v) is 2.10. The lowest BCUT2D eigenvalue weighted by molar-refractivity contribution is 0.0237. The van der Waals surface area contributed by atoms with Gasteiger partial charge in [0.05, 0.1) is 33.0 Å². The van der Waals surface area contributed by atoms with E-state index >= 15 is 0 Å². The zero-order valence-electron chi connectivity index (χ0n) is 11.3. The minimum absolute atomic E-state index is 0.280. The molecule has 3 nitrogen and oxygen atoms in total. The summed E-state index contributed by atoms with van der Waals surface area (Å²) in [6, 6.07) is 8.07. The van der Waals surface area contributed by atoms with E-state index in [0.717, 1.165) is 18.1 Å². The minimum Gasteiger partial charge on any atom is -0.497 e. The summed E-state index contributed by atoms with van der Waals surface area (Å²) in [6.45, 7) is 6.14. The minimum atomic E-state index is 0.280. The van der Waals surface area contributed by atoms with Gasteiger partial charge in [0.15, 0.2) is 0 Å². The molecule has 0 unspecified atom stereocenters. The molecule has 0 heterocycles. The number of hydrogen-bond acceptors (Lipinski definition) is 4. The normalized spacial score (nSPS) is 10.9. The number of benzene rings is 1. The largest absolute Gasteiger partial charge is 0.497 e. The van der Waals surface area contributed by atoms with E-state index in [-0.39, 0.29) is 6.10 Å². The molecule has 0 atom stereocenters. The second kappa shape index (κ2) is 9.25. The molecular formula is C14H22O3S. The quantitative estimate of drug-likeness (QED) is 0.508. The Kier molecular flexibility index (Phi) is 7.89. The maximum absolute atomic E-state index is 5.48. The van der Waals surface area contributed by atoms with Crippen LogP contribution in [0.1, 0.15) is 13.8 Å². The molecule has 0 amide bonds. The number of hydrogen-bond donors (Lipinski definition) is 0. The van der Waals surface area contributed by atoms with Crippen molar-refractivity contribution < 1.29 is 14.2 Å². The van der Waals surface area contributed by atoms with Gasteiger partial charge in [-0.1, -0.05) is 0 Å². The Morgan fingerprint density at radius 1 is 1.06 bits per heavy atom. The zero-order chi connectivity index (χ0) is 13.2. The second-order valence-electron chi connectivity index (χ2n) is 4.06. The molecule has 0 radical (unpaired) electrons. The Morgan fingerprint density at radius 2 is 1.78 bits per heavy atom. The molecule has 0 aliphatic rings. The van der Waals surface area contributed by atoms with E-state index in [4.69, 9.17) is 14.2 Å². The van der Waals surface area contributed by atoms with Crippen molar-refractivity contribution in [3.8, 4) is 5.75 Å². The van der Waals surface area contributed by atoms with Crippen molar-refractivity contribution in [2.75, 3.05) is 32.7 Å². The zero-order valence-corrected chi connectivity index (χ0v) is 12.2. The van der Waals surface area contributed by atoms with Gasteiger partial charge in [-0.15, -0.1) is 11.8 Å². The van der Waals surface area contributed by atoms with Crippen molar-refractivity contribution in [3.63, 3.8) is 0 Å². The van der Waals surface area contributed by atoms with Gasteiger partial charge in [-0.05, 0) is 38.1 Å². The van der Waals surface area contributed by atoms with Crippen LogP contribution >= 0.6 is 11.8 Å². The van der Waals surface area contributed by atoms with Crippen LogP contribution in [0.15, 0.2) is 29.2 Å². The van der Waals surface area contributed by atoms with Gasteiger partial charge in [-0.2, -0.15) is 0 Å². The first kappa shape index (κ1) is 15.3. The Morgan fingerprint density at radius 3 is 2.39 bits per heavy atom. The van der Waals surface area contributed by atoms with Crippen LogP contribution in [0.25, 0.3) is 0 Å². The molecule has 102 valence electrons. The van der Waals surface area contributed by atoms with Gasteiger partial charge in [0.25, 0.3) is 0 Å². The summed E-state index contributed by atoms with van der Waals surface area (Å²) < 4.78 is 16.0. The fourth-order valence-electron chi connectivity index (χ4n) is 1.34. The van der Waals surface area contributed by atoms with Gasteiger partial charge < -0.3 is 14.2 Å². The van der Waals surface area contributed by atoms with Crippen LogP contribution in [-0.4, -0.2) is 38.8 Å². The molecule has 0 saturated heterocycles. The number of methoxy groups -OCH3 is 1. The molecule has 0 aromatic heterocycles. The van der Waals surface area contributed by atoms with Gasteiger partial charge >= 0.3 is 0 Å². The smallest absolute Gasteiger partial charge is 0.118 e. The van der Waals surface area contributed by atoms with Crippen LogP contribution in [-0.2, 0) is 9.47 Å². The lowest BCUT2D eigenvalue weighted by Crippen LogP contribution is -2.10. The van der Waals surface area contributed by atoms with E-state index in [1.165, 1.54) is 4.90 Å². The third-order valence-electron chi connectivity index (χ3n) is 2.23. The average molecular weight is 270 g/mol. The first-order valence-corrected chi connectivity index (χ1v) is 7.17. The van der Waals surface area contributed by atoms with Gasteiger partial charge in [0.1, 0.15) is 5.75 Å². The molecule has 0 N–H and O–H groups in total. The summed E-state index contributed by atoms with van der Waals surface area (Å²) in [5.74, 6) is 1.84. The number of thioether (sulfide) groups is 1. The molecule has 1 aromatic carbocycles. The van der Waals surface area contributed by atoms with Crippen LogP contribution in [0.2, 0.25) is 0 Å². The van der Waals surface area contributed by atoms with E-state index in [2.05, 4.69) is 12.1 Å². The molecule has 4 heteroatoms. The Balaban J connectivity index is 2.03. The molecule has 0 bridgehead atoms. The first-order valence-electron chi connectivity index (χ1n) is 6.18. The van der Waals surface area contributed by atoms with Gasteiger partial charge in [-0.3, -0.25) is 0 Å². The Hall–Kier alpha value is -0.710. The van der Waals surface area contributed by atoms with Gasteiger partial charge in [0, 0.05) is 10.6 Å². The van der Waals surface area contributed by atoms with Gasteiger partial charge in [-0.25, -0.2) is 0 Å². The standard InChI is InChI=1S/C14H22O3S/c1-12(2)17-9-8-16-10-11-18-14-6-4-13(15-3)5-7-14/h4-7,12H,8-11H2,1-3H3. The van der Waals surface area contributed by atoms with Crippen molar-refractivity contribution in [2.24, 2.45) is 0 Å². The van der Waals surface area contributed by atoms with Crippen molar-refractivity contribution in [1.29, 1.82) is 0 Å². The predicted octanol–water partition coefficient (Wildman–Crippen LogP) is 3.23. The third-order valence-corrected chi connectivity index (χ3v) is 3.21. The van der Waals surface area contributed by atoms with E-state index in [1.807, 2.05) is 26.0 Å². The average Bonchev–Trinajstić information content (AvgIpc) is 2.38. The van der Waals surface area contributed by atoms with E-state index in [1.54, 1.807) is 18.9 Å². The van der Waals surface area contributed by atoms with Crippen molar-refractivity contribution >= 4 is 11.8 Å². The Labute approximate surface area is 114 Å². The maximum Gasteiger partial charge on any atom is 0.118 e. The summed E-state index contributed by atoms with van der Waals surface area (Å²) in [5.41, 5.74) is 0. The molecular weight excluding hydrogens is 248 g/mol. The molecule has 1 aromatic rings. The van der Waals surface area contributed by atoms with E-state index in [0.29, 0.717) is 13.2 Å². The summed E-state index contributed by atoms with van der Waals surface area (Å²) in [4.78, 5) is 1.23. The second-order valence-corrected chi connectivity index (χ2v) is 5.22. The highest BCUT2D eigenvalue weighted by Gasteiger charge is 1.96. The maximum atomic E-state index is 5.48. The van der Waals surface area contributed by atoms with Crippen LogP contribution in [0.4, 0.5) is 0 Å². The summed E-state index contributed by atoms with van der Waals surface area (Å²) in [6.07, 6.45) is 0.280. The SMILES string of the molecule is COc1ccc(SCCOCCOC(C)C)cc1. The molecule has 0 fully saturated rings. The lowest BCUT2D eigenvalue weighted by atomic mass is 10.3. The van der Waals surface area contributed by atoms with Crippen LogP contribution in [0, 0.1) is 0 Å². The monoisotopic (exact) mass is 270 g/mol. The molecule has 1 rings (SSSR count). The fraction of sp³-hybridized carbons (Fsp3) is 0.571. The lowest BCUT2D eigenvalue weighted by Gasteiger charge is -2.08. The summed E-state index contributed by atoms with van der Waals surface area (Å²) in [7, 11) is 1.68. The van der Waals surface area contributed by atoms with Crippen molar-refractivity contribution in [1.82, 2.24) is 0 Å². The van der Waals surface area contributed by atoms with Crippen molar-refractivity contribution in [3.05, 3.63) is 24.3 Å². The van der Waals surface area contributed by atoms with E-state index in [9.17, 15) is 0 Å². The molecule has 0 saturated carbocycles. The van der Waals surface area contributed by atoms with Crippen molar-refractivity contribution in [2.45, 2.75) is 24.8 Å². The molecule has 0 aliphatic carbocycles. The Bertz CT molecular complexity index is 311. The molecule has 0 spiro atoms. The first-order chi connectivity index (χ1) is 8.72. The predicted molar refractivity (Wildman–Crippen MR) is 75.6 cm³/mol. The highest BCUT2D eigenvalue weighted by molar-refractivity contribution is 7.99. The highest BCUT2D eigenvalue weighted by atomic mass is 32.2. The summed E-state index contributed by atoms with van der Waals surface area (Å²) in [5, 5.41) is 0. The topological polar surface area (TPSA) is 27.7 Å². The molecule has 0 aliphatic heterocycles. The van der Waals surface area contributed by atoms with Crippen LogP contribution < -0.4 is 4.74 Å². The number of ether oxygens (including phenoxy) is 3. The summed E-state index contributed by atoms with van der Waals surface area (Å²) >= 11 is 1.78. The molecule has 18 heavy (non-hydrogen) atoms. The van der Waals surface area contributed by atoms with E-state index < -0.39 is 0 Å². The number of rotatable bonds is 9. The van der Waals surface area contributed by atoms with Gasteiger partial charge in [0.2, 0.25) is 0 Å². The highest BCUT2D eigenvalue weighted by Crippen LogP contribution is 2.20. The van der Waals surface area contributed by atoms with Crippen LogP contribution in [0.3, 0.4) is 0 Å². The third kappa shape index (κ3) is 6.89.